The zero-order valence-electron chi connectivity index (χ0n) is 12.5. The summed E-state index contributed by atoms with van der Waals surface area (Å²) in [6, 6.07) is 7.37. The lowest BCUT2D eigenvalue weighted by Crippen LogP contribution is -2.63. The minimum atomic E-state index is -0.229. The minimum absolute atomic E-state index is 0.0477. The maximum absolute atomic E-state index is 12.3. The van der Waals surface area contributed by atoms with Gasteiger partial charge in [0.05, 0.1) is 12.0 Å². The Labute approximate surface area is 119 Å². The van der Waals surface area contributed by atoms with E-state index in [-0.39, 0.29) is 29.2 Å². The predicted octanol–water partition coefficient (Wildman–Crippen LogP) is 1.93. The van der Waals surface area contributed by atoms with Crippen LogP contribution in [0, 0.1) is 5.92 Å². The maximum Gasteiger partial charge on any atom is 0.260 e. The number of carbonyl (C=O) groups excluding carboxylic acids is 2. The molecule has 0 aromatic heterocycles. The standard InChI is InChI=1S/C16H22N2O2/c1-10-13(9-17)15(20)18(10)14(19)11-5-7-12(8-6-11)16(2,3)4/h5-8,10,13H,9,17H2,1-4H3/t10-,13-/m0/s1. The lowest BCUT2D eigenvalue weighted by molar-refractivity contribution is -0.148. The Balaban J connectivity index is 2.17. The second kappa shape index (κ2) is 5.02. The molecule has 1 aromatic carbocycles. The van der Waals surface area contributed by atoms with Gasteiger partial charge in [-0.3, -0.25) is 14.5 Å². The minimum Gasteiger partial charge on any atom is -0.330 e. The molecule has 1 aliphatic heterocycles. The van der Waals surface area contributed by atoms with E-state index in [9.17, 15) is 9.59 Å². The van der Waals surface area contributed by atoms with E-state index < -0.39 is 0 Å². The highest BCUT2D eigenvalue weighted by Gasteiger charge is 2.47. The summed E-state index contributed by atoms with van der Waals surface area (Å²) < 4.78 is 0. The summed E-state index contributed by atoms with van der Waals surface area (Å²) >= 11 is 0. The van der Waals surface area contributed by atoms with Crippen molar-refractivity contribution >= 4 is 11.8 Å². The summed E-state index contributed by atoms with van der Waals surface area (Å²) in [5, 5.41) is 0. The fourth-order valence-electron chi connectivity index (χ4n) is 2.52. The second-order valence-corrected chi connectivity index (χ2v) is 6.42. The monoisotopic (exact) mass is 274 g/mol. The largest absolute Gasteiger partial charge is 0.330 e. The van der Waals surface area contributed by atoms with Gasteiger partial charge in [-0.05, 0) is 30.0 Å². The van der Waals surface area contributed by atoms with Crippen molar-refractivity contribution in [2.45, 2.75) is 39.2 Å². The Morgan fingerprint density at radius 3 is 2.20 bits per heavy atom. The van der Waals surface area contributed by atoms with Crippen molar-refractivity contribution in [1.82, 2.24) is 4.90 Å². The van der Waals surface area contributed by atoms with Crippen LogP contribution in [-0.4, -0.2) is 29.3 Å². The topological polar surface area (TPSA) is 63.4 Å². The van der Waals surface area contributed by atoms with Crippen molar-refractivity contribution in [3.05, 3.63) is 35.4 Å². The fraction of sp³-hybridized carbons (Fsp3) is 0.500. The van der Waals surface area contributed by atoms with E-state index in [1.807, 2.05) is 19.1 Å². The van der Waals surface area contributed by atoms with Crippen LogP contribution in [0.4, 0.5) is 0 Å². The molecule has 0 radical (unpaired) electrons. The third-order valence-electron chi connectivity index (χ3n) is 4.01. The number of likely N-dealkylation sites (tertiary alicyclic amines) is 1. The number of rotatable bonds is 2. The first-order valence-corrected chi connectivity index (χ1v) is 6.95. The van der Waals surface area contributed by atoms with E-state index in [1.165, 1.54) is 4.90 Å². The molecule has 20 heavy (non-hydrogen) atoms. The smallest absolute Gasteiger partial charge is 0.260 e. The highest BCUT2D eigenvalue weighted by molar-refractivity contribution is 6.09. The van der Waals surface area contributed by atoms with Crippen molar-refractivity contribution in [2.75, 3.05) is 6.54 Å². The summed E-state index contributed by atoms with van der Waals surface area (Å²) in [6.45, 7) is 8.53. The molecule has 0 bridgehead atoms. The maximum atomic E-state index is 12.3. The quantitative estimate of drug-likeness (QED) is 0.662. The van der Waals surface area contributed by atoms with Crippen molar-refractivity contribution in [2.24, 2.45) is 11.7 Å². The van der Waals surface area contributed by atoms with E-state index >= 15 is 0 Å². The molecule has 108 valence electrons. The Bertz CT molecular complexity index is 528. The Morgan fingerprint density at radius 1 is 1.25 bits per heavy atom. The number of imide groups is 1. The van der Waals surface area contributed by atoms with Crippen LogP contribution >= 0.6 is 0 Å². The van der Waals surface area contributed by atoms with E-state index in [0.717, 1.165) is 5.56 Å². The summed E-state index contributed by atoms with van der Waals surface area (Å²) in [6.07, 6.45) is 0. The first kappa shape index (κ1) is 14.7. The highest BCUT2D eigenvalue weighted by Crippen LogP contribution is 2.28. The molecule has 4 heteroatoms. The van der Waals surface area contributed by atoms with E-state index in [4.69, 9.17) is 5.73 Å². The fourth-order valence-corrected chi connectivity index (χ4v) is 2.52. The highest BCUT2D eigenvalue weighted by atomic mass is 16.2. The lowest BCUT2D eigenvalue weighted by Gasteiger charge is -2.43. The molecule has 1 heterocycles. The van der Waals surface area contributed by atoms with Crippen LogP contribution < -0.4 is 5.73 Å². The summed E-state index contributed by atoms with van der Waals surface area (Å²) in [5.41, 5.74) is 7.29. The summed E-state index contributed by atoms with van der Waals surface area (Å²) in [5.74, 6) is -0.606. The average Bonchev–Trinajstić information content (AvgIpc) is 2.38. The van der Waals surface area contributed by atoms with Gasteiger partial charge in [0.25, 0.3) is 5.91 Å². The van der Waals surface area contributed by atoms with Gasteiger partial charge in [0, 0.05) is 12.1 Å². The van der Waals surface area contributed by atoms with Gasteiger partial charge in [-0.1, -0.05) is 32.9 Å². The molecule has 1 saturated heterocycles. The van der Waals surface area contributed by atoms with Crippen molar-refractivity contribution in [3.63, 3.8) is 0 Å². The molecule has 0 saturated carbocycles. The third-order valence-corrected chi connectivity index (χ3v) is 4.01. The van der Waals surface area contributed by atoms with Gasteiger partial charge >= 0.3 is 0 Å². The second-order valence-electron chi connectivity index (χ2n) is 6.42. The molecular weight excluding hydrogens is 252 g/mol. The molecule has 2 atom stereocenters. The first-order chi connectivity index (χ1) is 9.27. The van der Waals surface area contributed by atoms with Crippen molar-refractivity contribution < 1.29 is 9.59 Å². The number of carbonyl (C=O) groups is 2. The number of hydrogen-bond donors (Lipinski definition) is 1. The number of amides is 2. The van der Waals surface area contributed by atoms with Gasteiger partial charge in [0.15, 0.2) is 0 Å². The molecule has 4 nitrogen and oxygen atoms in total. The number of nitrogens with zero attached hydrogens (tertiary/aromatic N) is 1. The van der Waals surface area contributed by atoms with Gasteiger partial charge in [0.1, 0.15) is 0 Å². The lowest BCUT2D eigenvalue weighted by atomic mass is 9.85. The summed E-state index contributed by atoms with van der Waals surface area (Å²) in [4.78, 5) is 25.5. The zero-order valence-corrected chi connectivity index (χ0v) is 12.5. The molecule has 1 aliphatic rings. The molecule has 1 fully saturated rings. The Morgan fingerprint density at radius 2 is 1.80 bits per heavy atom. The molecule has 0 unspecified atom stereocenters. The van der Waals surface area contributed by atoms with Crippen LogP contribution in [0.5, 0.6) is 0 Å². The first-order valence-electron chi connectivity index (χ1n) is 6.95. The molecule has 2 N–H and O–H groups in total. The van der Waals surface area contributed by atoms with Crippen LogP contribution in [0.1, 0.15) is 43.6 Å². The van der Waals surface area contributed by atoms with Crippen molar-refractivity contribution in [1.29, 1.82) is 0 Å². The average molecular weight is 274 g/mol. The van der Waals surface area contributed by atoms with E-state index in [0.29, 0.717) is 12.1 Å². The van der Waals surface area contributed by atoms with Crippen LogP contribution in [-0.2, 0) is 10.2 Å². The Hall–Kier alpha value is -1.68. The number of hydrogen-bond acceptors (Lipinski definition) is 3. The van der Waals surface area contributed by atoms with Gasteiger partial charge in [-0.2, -0.15) is 0 Å². The van der Waals surface area contributed by atoms with Crippen LogP contribution in [0.3, 0.4) is 0 Å². The number of β-lactam (4-membered cyclic amide) rings is 1. The third kappa shape index (κ3) is 2.36. The Kier molecular flexibility index (Phi) is 3.69. The van der Waals surface area contributed by atoms with E-state index in [1.54, 1.807) is 12.1 Å². The summed E-state index contributed by atoms with van der Waals surface area (Å²) in [7, 11) is 0. The normalized spacial score (nSPS) is 22.6. The van der Waals surface area contributed by atoms with Crippen LogP contribution in [0.15, 0.2) is 24.3 Å². The molecular formula is C16H22N2O2. The van der Waals surface area contributed by atoms with E-state index in [2.05, 4.69) is 20.8 Å². The zero-order chi connectivity index (χ0) is 15.1. The number of nitrogens with two attached hydrogens (primary N) is 1. The van der Waals surface area contributed by atoms with Gasteiger partial charge in [0.2, 0.25) is 5.91 Å². The van der Waals surface area contributed by atoms with Crippen LogP contribution in [0.2, 0.25) is 0 Å². The van der Waals surface area contributed by atoms with Gasteiger partial charge in [-0.25, -0.2) is 0 Å². The van der Waals surface area contributed by atoms with Gasteiger partial charge in [-0.15, -0.1) is 0 Å². The van der Waals surface area contributed by atoms with Crippen LogP contribution in [0.25, 0.3) is 0 Å². The molecule has 0 spiro atoms. The number of benzene rings is 1. The molecule has 2 amide bonds. The molecule has 2 rings (SSSR count). The van der Waals surface area contributed by atoms with Crippen molar-refractivity contribution in [3.8, 4) is 0 Å². The SMILES string of the molecule is C[C@H]1[C@H](CN)C(=O)N1C(=O)c1ccc(C(C)(C)C)cc1. The predicted molar refractivity (Wildman–Crippen MR) is 78.3 cm³/mol. The van der Waals surface area contributed by atoms with Gasteiger partial charge < -0.3 is 5.73 Å². The molecule has 1 aromatic rings. The molecule has 0 aliphatic carbocycles.